The lowest BCUT2D eigenvalue weighted by Crippen LogP contribution is -2.15. The minimum absolute atomic E-state index is 0.205. The van der Waals surface area contributed by atoms with Crippen molar-refractivity contribution in [3.8, 4) is 0 Å². The molecule has 0 saturated heterocycles. The Balaban J connectivity index is 2.03. The van der Waals surface area contributed by atoms with Crippen molar-refractivity contribution in [1.29, 1.82) is 0 Å². The molecule has 20 heavy (non-hydrogen) atoms. The summed E-state index contributed by atoms with van der Waals surface area (Å²) in [6, 6.07) is 14.2. The molecule has 0 heterocycles. The van der Waals surface area contributed by atoms with Crippen LogP contribution in [0.15, 0.2) is 53.0 Å². The van der Waals surface area contributed by atoms with E-state index in [1.165, 1.54) is 0 Å². The van der Waals surface area contributed by atoms with Crippen LogP contribution in [0.4, 0.5) is 0 Å². The van der Waals surface area contributed by atoms with Crippen LogP contribution < -0.4 is 0 Å². The van der Waals surface area contributed by atoms with Crippen LogP contribution in [-0.4, -0.2) is 18.4 Å². The SMILES string of the molecule is Cc1ccccc1C(=O)COC(=O)c1ccccc1Br. The van der Waals surface area contributed by atoms with Gasteiger partial charge in [0, 0.05) is 10.0 Å². The van der Waals surface area contributed by atoms with E-state index >= 15 is 0 Å². The predicted octanol–water partition coefficient (Wildman–Crippen LogP) is 3.80. The van der Waals surface area contributed by atoms with Crippen LogP contribution in [0.3, 0.4) is 0 Å². The lowest BCUT2D eigenvalue weighted by Gasteiger charge is -2.07. The van der Waals surface area contributed by atoms with E-state index in [4.69, 9.17) is 4.74 Å². The third kappa shape index (κ3) is 3.33. The van der Waals surface area contributed by atoms with Crippen LogP contribution >= 0.6 is 15.9 Å². The monoisotopic (exact) mass is 332 g/mol. The van der Waals surface area contributed by atoms with Gasteiger partial charge in [0.1, 0.15) is 0 Å². The minimum atomic E-state index is -0.514. The van der Waals surface area contributed by atoms with E-state index in [-0.39, 0.29) is 12.4 Å². The number of halogens is 1. The van der Waals surface area contributed by atoms with Crippen molar-refractivity contribution >= 4 is 27.7 Å². The Morgan fingerprint density at radius 1 is 1.00 bits per heavy atom. The second-order valence-electron chi connectivity index (χ2n) is 4.29. The van der Waals surface area contributed by atoms with Crippen molar-refractivity contribution < 1.29 is 14.3 Å². The Morgan fingerprint density at radius 2 is 1.60 bits per heavy atom. The van der Waals surface area contributed by atoms with Gasteiger partial charge in [0.25, 0.3) is 0 Å². The van der Waals surface area contributed by atoms with Crippen molar-refractivity contribution in [2.45, 2.75) is 6.92 Å². The van der Waals surface area contributed by atoms with E-state index in [9.17, 15) is 9.59 Å². The number of aryl methyl sites for hydroxylation is 1. The summed E-state index contributed by atoms with van der Waals surface area (Å²) in [5.74, 6) is -0.720. The lowest BCUT2D eigenvalue weighted by molar-refractivity contribution is 0.0473. The molecule has 0 aromatic heterocycles. The number of carbonyl (C=O) groups is 2. The maximum atomic E-state index is 12.0. The quantitative estimate of drug-likeness (QED) is 0.631. The van der Waals surface area contributed by atoms with Crippen LogP contribution in [0.5, 0.6) is 0 Å². The first kappa shape index (κ1) is 14.5. The Bertz CT molecular complexity index is 592. The van der Waals surface area contributed by atoms with Crippen LogP contribution in [0, 0.1) is 6.92 Å². The summed E-state index contributed by atoms with van der Waals surface area (Å²) in [6.07, 6.45) is 0. The lowest BCUT2D eigenvalue weighted by atomic mass is 10.1. The number of hydrogen-bond donors (Lipinski definition) is 0. The minimum Gasteiger partial charge on any atom is -0.454 e. The molecule has 0 aliphatic carbocycles. The molecule has 0 amide bonds. The molecule has 0 radical (unpaired) electrons. The molecule has 3 nitrogen and oxygen atoms in total. The fourth-order valence-corrected chi connectivity index (χ4v) is 2.25. The third-order valence-corrected chi connectivity index (χ3v) is 3.57. The average Bonchev–Trinajstić information content (AvgIpc) is 2.45. The maximum Gasteiger partial charge on any atom is 0.339 e. The second-order valence-corrected chi connectivity index (χ2v) is 5.15. The van der Waals surface area contributed by atoms with Gasteiger partial charge in [-0.25, -0.2) is 4.79 Å². The largest absolute Gasteiger partial charge is 0.454 e. The van der Waals surface area contributed by atoms with Crippen molar-refractivity contribution in [2.24, 2.45) is 0 Å². The molecule has 0 bridgehead atoms. The highest BCUT2D eigenvalue weighted by molar-refractivity contribution is 9.10. The summed E-state index contributed by atoms with van der Waals surface area (Å²) in [4.78, 5) is 23.9. The summed E-state index contributed by atoms with van der Waals surface area (Å²) in [5.41, 5.74) is 1.85. The summed E-state index contributed by atoms with van der Waals surface area (Å²) < 4.78 is 5.71. The third-order valence-electron chi connectivity index (χ3n) is 2.87. The molecule has 0 saturated carbocycles. The Labute approximate surface area is 125 Å². The highest BCUT2D eigenvalue weighted by Crippen LogP contribution is 2.17. The fourth-order valence-electron chi connectivity index (χ4n) is 1.80. The number of benzene rings is 2. The molecule has 2 aromatic rings. The zero-order valence-corrected chi connectivity index (χ0v) is 12.5. The number of ketones is 1. The van der Waals surface area contributed by atoms with Crippen molar-refractivity contribution in [3.05, 3.63) is 69.7 Å². The summed E-state index contributed by atoms with van der Waals surface area (Å²) in [6.45, 7) is 1.59. The molecule has 2 aromatic carbocycles. The van der Waals surface area contributed by atoms with Gasteiger partial charge in [-0.15, -0.1) is 0 Å². The standard InChI is InChI=1S/C16H13BrO3/c1-11-6-2-3-7-12(11)15(18)10-20-16(19)13-8-4-5-9-14(13)17/h2-9H,10H2,1H3. The van der Waals surface area contributed by atoms with E-state index in [1.54, 1.807) is 36.4 Å². The van der Waals surface area contributed by atoms with Gasteiger partial charge in [0.15, 0.2) is 6.61 Å². The van der Waals surface area contributed by atoms with Crippen LogP contribution in [0.1, 0.15) is 26.3 Å². The summed E-state index contributed by atoms with van der Waals surface area (Å²) in [7, 11) is 0. The van der Waals surface area contributed by atoms with Gasteiger partial charge in [-0.3, -0.25) is 4.79 Å². The number of hydrogen-bond acceptors (Lipinski definition) is 3. The van der Waals surface area contributed by atoms with Gasteiger partial charge >= 0.3 is 5.97 Å². The topological polar surface area (TPSA) is 43.4 Å². The molecule has 0 aliphatic rings. The predicted molar refractivity (Wildman–Crippen MR) is 79.9 cm³/mol. The first-order valence-corrected chi connectivity index (χ1v) is 6.89. The summed E-state index contributed by atoms with van der Waals surface area (Å²) >= 11 is 3.27. The molecular formula is C16H13BrO3. The van der Waals surface area contributed by atoms with Gasteiger partial charge in [-0.05, 0) is 40.5 Å². The molecular weight excluding hydrogens is 320 g/mol. The van der Waals surface area contributed by atoms with E-state index < -0.39 is 5.97 Å². The van der Waals surface area contributed by atoms with E-state index in [2.05, 4.69) is 15.9 Å². The molecule has 102 valence electrons. The molecule has 0 aliphatic heterocycles. The van der Waals surface area contributed by atoms with Crippen molar-refractivity contribution in [1.82, 2.24) is 0 Å². The molecule has 4 heteroatoms. The van der Waals surface area contributed by atoms with Gasteiger partial charge in [-0.2, -0.15) is 0 Å². The fraction of sp³-hybridized carbons (Fsp3) is 0.125. The first-order chi connectivity index (χ1) is 9.59. The normalized spacial score (nSPS) is 10.1. The highest BCUT2D eigenvalue weighted by atomic mass is 79.9. The van der Waals surface area contributed by atoms with Gasteiger partial charge in [0.2, 0.25) is 5.78 Å². The number of rotatable bonds is 4. The molecule has 0 spiro atoms. The number of carbonyl (C=O) groups excluding carboxylic acids is 2. The Hall–Kier alpha value is -1.94. The van der Waals surface area contributed by atoms with Crippen LogP contribution in [-0.2, 0) is 4.74 Å². The van der Waals surface area contributed by atoms with Gasteiger partial charge in [0.05, 0.1) is 5.56 Å². The van der Waals surface area contributed by atoms with E-state index in [1.807, 2.05) is 19.1 Å². The zero-order valence-electron chi connectivity index (χ0n) is 10.9. The summed E-state index contributed by atoms with van der Waals surface area (Å²) in [5, 5.41) is 0. The van der Waals surface area contributed by atoms with E-state index in [0.29, 0.717) is 15.6 Å². The van der Waals surface area contributed by atoms with Gasteiger partial charge in [-0.1, -0.05) is 36.4 Å². The molecule has 0 N–H and O–H groups in total. The Kier molecular flexibility index (Phi) is 4.69. The highest BCUT2D eigenvalue weighted by Gasteiger charge is 2.14. The maximum absolute atomic E-state index is 12.0. The number of ether oxygens (including phenoxy) is 1. The molecule has 0 atom stereocenters. The number of Topliss-reactive ketones (excluding diaryl/α,β-unsaturated/α-hetero) is 1. The molecule has 2 rings (SSSR count). The zero-order chi connectivity index (χ0) is 14.5. The molecule has 0 unspecified atom stereocenters. The second kappa shape index (κ2) is 6.48. The first-order valence-electron chi connectivity index (χ1n) is 6.10. The molecule has 0 fully saturated rings. The van der Waals surface area contributed by atoms with E-state index in [0.717, 1.165) is 5.56 Å². The van der Waals surface area contributed by atoms with Crippen molar-refractivity contribution in [2.75, 3.05) is 6.61 Å². The van der Waals surface area contributed by atoms with Crippen LogP contribution in [0.2, 0.25) is 0 Å². The number of esters is 1. The van der Waals surface area contributed by atoms with Crippen LogP contribution in [0.25, 0.3) is 0 Å². The van der Waals surface area contributed by atoms with Crippen molar-refractivity contribution in [3.63, 3.8) is 0 Å². The smallest absolute Gasteiger partial charge is 0.339 e. The average molecular weight is 333 g/mol. The Morgan fingerprint density at radius 3 is 2.25 bits per heavy atom. The van der Waals surface area contributed by atoms with Gasteiger partial charge < -0.3 is 4.74 Å².